The molecule has 13 heteroatoms. The summed E-state index contributed by atoms with van der Waals surface area (Å²) < 4.78 is 15.2. The molecule has 0 bridgehead atoms. The molecule has 206 valence electrons. The van der Waals surface area contributed by atoms with E-state index in [1.54, 1.807) is 4.90 Å². The van der Waals surface area contributed by atoms with E-state index in [1.807, 2.05) is 0 Å². The van der Waals surface area contributed by atoms with Gasteiger partial charge in [0, 0.05) is 36.0 Å². The van der Waals surface area contributed by atoms with E-state index in [-0.39, 0.29) is 28.7 Å². The highest BCUT2D eigenvalue weighted by atomic mass is 32.2. The number of benzene rings is 2. The van der Waals surface area contributed by atoms with E-state index in [4.69, 9.17) is 0 Å². The number of imide groups is 1. The minimum Gasteiger partial charge on any atom is -0.341 e. The van der Waals surface area contributed by atoms with Gasteiger partial charge in [-0.05, 0) is 49.1 Å². The minimum atomic E-state index is -0.907. The summed E-state index contributed by atoms with van der Waals surface area (Å²) in [6.45, 7) is 1.10. The van der Waals surface area contributed by atoms with Crippen LogP contribution in [0.1, 0.15) is 35.6 Å². The van der Waals surface area contributed by atoms with Gasteiger partial charge in [0.15, 0.2) is 0 Å². The molecule has 3 aromatic rings. The molecule has 6 rings (SSSR count). The minimum absolute atomic E-state index is 0.167. The first-order chi connectivity index (χ1) is 19.2. The van der Waals surface area contributed by atoms with E-state index in [2.05, 4.69) is 0 Å². The average molecular weight is 583 g/mol. The summed E-state index contributed by atoms with van der Waals surface area (Å²) >= 11 is 2.02. The predicted octanol–water partition coefficient (Wildman–Crippen LogP) is 3.77. The maximum Gasteiger partial charge on any atom is 0.308 e. The first kappa shape index (κ1) is 26.4. The number of piperidine rings is 1. The monoisotopic (exact) mass is 582 g/mol. The molecule has 1 aromatic heterocycles. The molecule has 4 heterocycles. The van der Waals surface area contributed by atoms with Crippen LogP contribution in [0.25, 0.3) is 0 Å². The van der Waals surface area contributed by atoms with Gasteiger partial charge in [-0.2, -0.15) is 0 Å². The molecule has 0 N–H and O–H groups in total. The number of rotatable bonds is 5. The number of aromatic nitrogens is 1. The van der Waals surface area contributed by atoms with Crippen LogP contribution in [0, 0.1) is 21.8 Å². The topological polar surface area (TPSA) is 123 Å². The van der Waals surface area contributed by atoms with Crippen molar-refractivity contribution in [3.63, 3.8) is 0 Å². The van der Waals surface area contributed by atoms with E-state index in [0.29, 0.717) is 28.6 Å². The molecule has 0 spiro atoms. The molecule has 0 radical (unpaired) electrons. The second-order valence-electron chi connectivity index (χ2n) is 9.94. The average Bonchev–Trinajstić information content (AvgIpc) is 3.40. The molecule has 0 aliphatic carbocycles. The predicted molar refractivity (Wildman–Crippen MR) is 146 cm³/mol. The van der Waals surface area contributed by atoms with Gasteiger partial charge in [-0.15, -0.1) is 0 Å². The van der Waals surface area contributed by atoms with Crippen LogP contribution in [0.15, 0.2) is 58.4 Å². The van der Waals surface area contributed by atoms with Gasteiger partial charge < -0.3 is 4.90 Å². The summed E-state index contributed by atoms with van der Waals surface area (Å²) in [4.78, 5) is 67.4. The van der Waals surface area contributed by atoms with Crippen LogP contribution in [-0.4, -0.2) is 50.5 Å². The van der Waals surface area contributed by atoms with Crippen LogP contribution in [0.4, 0.5) is 15.8 Å². The van der Waals surface area contributed by atoms with Crippen molar-refractivity contribution in [1.29, 1.82) is 0 Å². The second kappa shape index (κ2) is 10.3. The summed E-state index contributed by atoms with van der Waals surface area (Å²) in [5, 5.41) is 10.7. The number of amides is 3. The van der Waals surface area contributed by atoms with Crippen molar-refractivity contribution in [2.24, 2.45) is 5.92 Å². The lowest BCUT2D eigenvalue weighted by atomic mass is 9.83. The third-order valence-electron chi connectivity index (χ3n) is 7.60. The lowest BCUT2D eigenvalue weighted by molar-refractivity contribution is -0.384. The summed E-state index contributed by atoms with van der Waals surface area (Å²) in [6, 6.07) is 10.8. The Bertz CT molecular complexity index is 1580. The zero-order valence-electron chi connectivity index (χ0n) is 21.0. The Labute approximate surface area is 235 Å². The standard InChI is InChI=1S/C27H23FN4O6S2/c28-16-6-4-15(5-7-16)20-21-22(25(35)31(24(21)34)17-8-10-18(11-9-17)32(37)38)39-26-23(20)40-27(36)30(26)14-19(33)29-12-2-1-3-13-29/h4-11,20-22H,1-3,12-14H2. The normalized spacial score (nSPS) is 22.3. The fourth-order valence-electron chi connectivity index (χ4n) is 5.64. The van der Waals surface area contributed by atoms with Gasteiger partial charge in [-0.3, -0.25) is 33.9 Å². The van der Waals surface area contributed by atoms with Crippen LogP contribution in [-0.2, 0) is 20.9 Å². The number of anilines is 1. The van der Waals surface area contributed by atoms with Gasteiger partial charge in [-0.25, -0.2) is 9.29 Å². The Morgan fingerprint density at radius 3 is 2.30 bits per heavy atom. The molecule has 3 aliphatic heterocycles. The number of non-ortho nitro benzene ring substituents is 1. The molecule has 0 saturated carbocycles. The maximum atomic E-state index is 13.8. The van der Waals surface area contributed by atoms with Crippen molar-refractivity contribution in [1.82, 2.24) is 9.47 Å². The zero-order chi connectivity index (χ0) is 28.1. The molecule has 3 unspecified atom stereocenters. The molecule has 3 amide bonds. The van der Waals surface area contributed by atoms with Gasteiger partial charge in [-0.1, -0.05) is 35.2 Å². The number of nitro groups is 1. The van der Waals surface area contributed by atoms with Gasteiger partial charge in [0.1, 0.15) is 17.6 Å². The highest BCUT2D eigenvalue weighted by Crippen LogP contribution is 2.53. The second-order valence-corrected chi connectivity index (χ2v) is 12.1. The van der Waals surface area contributed by atoms with E-state index in [9.17, 15) is 33.7 Å². The Morgan fingerprint density at radius 2 is 1.65 bits per heavy atom. The molecule has 3 atom stereocenters. The third-order valence-corrected chi connectivity index (χ3v) is 10.2. The smallest absolute Gasteiger partial charge is 0.308 e. The summed E-state index contributed by atoms with van der Waals surface area (Å²) in [5.41, 5.74) is 0.596. The maximum absolute atomic E-state index is 13.8. The molecule has 10 nitrogen and oxygen atoms in total. The summed E-state index contributed by atoms with van der Waals surface area (Å²) in [5.74, 6) is -3.28. The molecule has 40 heavy (non-hydrogen) atoms. The molecule has 3 aliphatic rings. The number of carbonyl (C=O) groups is 3. The van der Waals surface area contributed by atoms with Crippen molar-refractivity contribution in [3.8, 4) is 0 Å². The van der Waals surface area contributed by atoms with Crippen LogP contribution < -0.4 is 9.77 Å². The van der Waals surface area contributed by atoms with E-state index in [1.165, 1.54) is 53.1 Å². The number of halogens is 1. The number of likely N-dealkylation sites (tertiary alicyclic amines) is 1. The number of nitrogens with zero attached hydrogens (tertiary/aromatic N) is 4. The first-order valence-electron chi connectivity index (χ1n) is 12.8. The summed E-state index contributed by atoms with van der Waals surface area (Å²) in [6.07, 6.45) is 2.86. The van der Waals surface area contributed by atoms with E-state index in [0.717, 1.165) is 47.3 Å². The lowest BCUT2D eigenvalue weighted by Gasteiger charge is -2.31. The van der Waals surface area contributed by atoms with Crippen molar-refractivity contribution in [2.75, 3.05) is 18.0 Å². The van der Waals surface area contributed by atoms with Gasteiger partial charge in [0.2, 0.25) is 17.7 Å². The fourth-order valence-corrected chi connectivity index (χ4v) is 8.41. The first-order valence-corrected chi connectivity index (χ1v) is 14.5. The quantitative estimate of drug-likeness (QED) is 0.255. The Balaban J connectivity index is 1.41. The van der Waals surface area contributed by atoms with Gasteiger partial charge >= 0.3 is 4.87 Å². The zero-order valence-corrected chi connectivity index (χ0v) is 22.7. The number of hydrogen-bond acceptors (Lipinski definition) is 8. The van der Waals surface area contributed by atoms with E-state index >= 15 is 0 Å². The summed E-state index contributed by atoms with van der Waals surface area (Å²) in [7, 11) is 0. The van der Waals surface area contributed by atoms with Crippen LogP contribution in [0.2, 0.25) is 0 Å². The highest BCUT2D eigenvalue weighted by Gasteiger charge is 2.56. The highest BCUT2D eigenvalue weighted by molar-refractivity contribution is 8.00. The number of hydrogen-bond donors (Lipinski definition) is 0. The SMILES string of the molecule is O=C(Cn1c2c(sc1=O)C(c1ccc(F)cc1)C1C(=O)N(c3ccc([N+](=O)[O-])cc3)C(=O)C1S2)N1CCCCC1. The van der Waals surface area contributed by atoms with Crippen molar-refractivity contribution < 1.29 is 23.7 Å². The van der Waals surface area contributed by atoms with Crippen LogP contribution in [0.3, 0.4) is 0 Å². The number of thiazole rings is 1. The van der Waals surface area contributed by atoms with Crippen molar-refractivity contribution in [3.05, 3.63) is 84.6 Å². The van der Waals surface area contributed by atoms with Crippen molar-refractivity contribution in [2.45, 2.75) is 42.0 Å². The number of thioether (sulfide) groups is 1. The van der Waals surface area contributed by atoms with E-state index < -0.39 is 39.6 Å². The lowest BCUT2D eigenvalue weighted by Crippen LogP contribution is -2.39. The Kier molecular flexibility index (Phi) is 6.78. The third kappa shape index (κ3) is 4.42. The largest absolute Gasteiger partial charge is 0.341 e. The number of carbonyl (C=O) groups excluding carboxylic acids is 3. The molecule has 2 saturated heterocycles. The molecular weight excluding hydrogens is 559 g/mol. The van der Waals surface area contributed by atoms with Crippen molar-refractivity contribution >= 4 is 52.2 Å². The Morgan fingerprint density at radius 1 is 0.975 bits per heavy atom. The number of nitro benzene ring substituents is 1. The number of fused-ring (bicyclic) bond motifs is 2. The van der Waals surface area contributed by atoms with Crippen LogP contribution >= 0.6 is 23.1 Å². The molecular formula is C27H23FN4O6S2. The van der Waals surface area contributed by atoms with Crippen LogP contribution in [0.5, 0.6) is 0 Å². The van der Waals surface area contributed by atoms with Gasteiger partial charge in [0.05, 0.1) is 21.6 Å². The molecule has 2 aromatic carbocycles. The molecule has 2 fully saturated rings. The van der Waals surface area contributed by atoms with Gasteiger partial charge in [0.25, 0.3) is 5.69 Å². The fraction of sp³-hybridized carbons (Fsp3) is 0.333. The Hall–Kier alpha value is -3.84.